The quantitative estimate of drug-likeness (QED) is 0.0425. The van der Waals surface area contributed by atoms with Gasteiger partial charge in [-0.25, -0.2) is 0 Å². The van der Waals surface area contributed by atoms with Gasteiger partial charge in [0.2, 0.25) is 0 Å². The molecule has 0 aliphatic carbocycles. The van der Waals surface area contributed by atoms with Crippen molar-refractivity contribution in [3.63, 3.8) is 0 Å². The molecular weight excluding hydrogens is 1180 g/mol. The van der Waals surface area contributed by atoms with E-state index in [9.17, 15) is 40.9 Å². The Morgan fingerprint density at radius 3 is 0.211 bits per heavy atom. The molecule has 0 amide bonds. The van der Waals surface area contributed by atoms with E-state index < -0.39 is 0 Å². The van der Waals surface area contributed by atoms with Crippen LogP contribution in [0.3, 0.4) is 0 Å². The van der Waals surface area contributed by atoms with E-state index in [0.717, 1.165) is 103 Å². The molecule has 10 heteroatoms. The van der Waals surface area contributed by atoms with Gasteiger partial charge in [0.1, 0.15) is 0 Å². The van der Waals surface area contributed by atoms with Crippen LogP contribution in [0.4, 0.5) is 0 Å². The minimum atomic E-state index is 0. The summed E-state index contributed by atoms with van der Waals surface area (Å²) in [5.41, 5.74) is 0. The number of hydrogen-bond acceptors (Lipinski definition) is 8. The third kappa shape index (κ3) is 163. The maximum Gasteiger partial charge on any atom is 4.00 e. The van der Waals surface area contributed by atoms with Gasteiger partial charge >= 0.3 is 43.4 Å². The predicted molar refractivity (Wildman–Crippen MR) is 380 cm³/mol. The molecule has 0 aliphatic rings. The second kappa shape index (κ2) is 134. The van der Waals surface area contributed by atoms with Gasteiger partial charge in [-0.05, 0) is 0 Å². The molecule has 0 spiro atoms. The summed E-state index contributed by atoms with van der Waals surface area (Å²) < 4.78 is 0. The molecular formula is C80H168O8Ti2. The zero-order chi connectivity index (χ0) is 66.9. The summed E-state index contributed by atoms with van der Waals surface area (Å²) in [5.74, 6) is 0. The van der Waals surface area contributed by atoms with Gasteiger partial charge in [-0.1, -0.05) is 466 Å². The van der Waals surface area contributed by atoms with Crippen molar-refractivity contribution in [2.24, 2.45) is 0 Å². The minimum absolute atomic E-state index is 0. The Kier molecular flexibility index (Phi) is 167. The van der Waals surface area contributed by atoms with Gasteiger partial charge in [0.25, 0.3) is 0 Å². The number of unbranched alkanes of at least 4 members (excludes halogenated alkanes) is 56. The van der Waals surface area contributed by atoms with E-state index in [-0.39, 0.29) is 96.3 Å². The van der Waals surface area contributed by atoms with Crippen LogP contribution in [0.25, 0.3) is 0 Å². The van der Waals surface area contributed by atoms with E-state index in [2.05, 4.69) is 55.4 Å². The zero-order valence-electron chi connectivity index (χ0n) is 63.2. The second-order valence-corrected chi connectivity index (χ2v) is 25.4. The molecule has 0 heterocycles. The summed E-state index contributed by atoms with van der Waals surface area (Å²) in [6, 6.07) is 0. The van der Waals surface area contributed by atoms with Crippen molar-refractivity contribution in [1.82, 2.24) is 0 Å². The molecule has 0 aromatic carbocycles. The fraction of sp³-hybridized carbons (Fsp3) is 1.00. The average Bonchev–Trinajstić information content (AvgIpc) is 3.54. The van der Waals surface area contributed by atoms with E-state index in [1.165, 1.54) is 308 Å². The Morgan fingerprint density at radius 1 is 0.100 bits per heavy atom. The van der Waals surface area contributed by atoms with Gasteiger partial charge in [0, 0.05) is 0 Å². The monoisotopic (exact) mass is 1350 g/mol. The standard InChI is InChI=1S/8C10H21O.2Ti/c8*1-2-3-4-5-6-7-8-9-10-11;;/h8*2-10H2,1H3;;/q8*-1;2*+4. The fourth-order valence-electron chi connectivity index (χ4n) is 9.89. The Labute approximate surface area is 599 Å². The van der Waals surface area contributed by atoms with Gasteiger partial charge in [-0.3, -0.25) is 0 Å². The van der Waals surface area contributed by atoms with Gasteiger partial charge in [0.05, 0.1) is 0 Å². The summed E-state index contributed by atoms with van der Waals surface area (Å²) in [6.45, 7) is 18.8. The summed E-state index contributed by atoms with van der Waals surface area (Å²) >= 11 is 0. The van der Waals surface area contributed by atoms with Crippen LogP contribution in [0.15, 0.2) is 0 Å². The maximum absolute atomic E-state index is 10.1. The number of hydrogen-bond donors (Lipinski definition) is 0. The first kappa shape index (κ1) is 112. The van der Waals surface area contributed by atoms with E-state index >= 15 is 0 Å². The van der Waals surface area contributed by atoms with Crippen LogP contribution in [-0.2, 0) is 43.4 Å². The molecule has 0 bridgehead atoms. The van der Waals surface area contributed by atoms with Crippen LogP contribution in [0.1, 0.15) is 466 Å². The van der Waals surface area contributed by atoms with Crippen molar-refractivity contribution in [3.8, 4) is 0 Å². The summed E-state index contributed by atoms with van der Waals surface area (Å²) in [5, 5.41) is 80.5. The molecule has 0 unspecified atom stereocenters. The molecule has 0 fully saturated rings. The van der Waals surface area contributed by atoms with Crippen LogP contribution in [0.5, 0.6) is 0 Å². The van der Waals surface area contributed by atoms with Crippen molar-refractivity contribution >= 4 is 0 Å². The first-order valence-corrected chi connectivity index (χ1v) is 40.0. The van der Waals surface area contributed by atoms with E-state index in [1.54, 1.807) is 0 Å². The fourth-order valence-corrected chi connectivity index (χ4v) is 9.89. The molecule has 0 atom stereocenters. The molecule has 8 nitrogen and oxygen atoms in total. The van der Waals surface area contributed by atoms with Crippen LogP contribution in [0.2, 0.25) is 0 Å². The minimum Gasteiger partial charge on any atom is -0.854 e. The van der Waals surface area contributed by atoms with Crippen molar-refractivity contribution in [2.75, 3.05) is 52.9 Å². The smallest absolute Gasteiger partial charge is 0.854 e. The Bertz CT molecular complexity index is 661. The molecule has 0 radical (unpaired) electrons. The molecule has 0 saturated carbocycles. The number of rotatable bonds is 64. The van der Waals surface area contributed by atoms with Gasteiger partial charge in [-0.15, -0.1) is 52.9 Å². The molecule has 0 rings (SSSR count). The van der Waals surface area contributed by atoms with Crippen LogP contribution < -0.4 is 40.9 Å². The molecule has 90 heavy (non-hydrogen) atoms. The SMILES string of the molecule is CCCCCCCCCC[O-].CCCCCCCCCC[O-].CCCCCCCCCC[O-].CCCCCCCCCC[O-].CCCCCCCCCC[O-].CCCCCCCCCC[O-].CCCCCCCCCC[O-].CCCCCCCCCC[O-].[Ti+4].[Ti+4]. The van der Waals surface area contributed by atoms with Crippen molar-refractivity contribution < 1.29 is 84.3 Å². The molecule has 0 aromatic heterocycles. The first-order chi connectivity index (χ1) is 43.3. The topological polar surface area (TPSA) is 184 Å². The zero-order valence-corrected chi connectivity index (χ0v) is 66.3. The summed E-state index contributed by atoms with van der Waals surface area (Å²) in [4.78, 5) is 0. The van der Waals surface area contributed by atoms with E-state index in [4.69, 9.17) is 0 Å². The van der Waals surface area contributed by atoms with Crippen molar-refractivity contribution in [1.29, 1.82) is 0 Å². The third-order valence-electron chi connectivity index (χ3n) is 16.0. The van der Waals surface area contributed by atoms with Gasteiger partial charge in [-0.2, -0.15) is 0 Å². The largest absolute Gasteiger partial charge is 4.00 e. The van der Waals surface area contributed by atoms with Gasteiger partial charge in [0.15, 0.2) is 0 Å². The molecule has 544 valence electrons. The van der Waals surface area contributed by atoms with Crippen LogP contribution >= 0.6 is 0 Å². The Hall–Kier alpha value is 1.11. The first-order valence-electron chi connectivity index (χ1n) is 40.0. The molecule has 0 aliphatic heterocycles. The predicted octanol–water partition coefficient (Wildman–Crippen LogP) is 19.9. The molecule has 0 saturated heterocycles. The Balaban J connectivity index is -0.000000101. The normalized spacial score (nSPS) is 10.1. The van der Waals surface area contributed by atoms with E-state index in [0.29, 0.717) is 0 Å². The molecule has 0 aromatic rings. The summed E-state index contributed by atoms with van der Waals surface area (Å²) in [6.07, 6.45) is 80.7. The third-order valence-corrected chi connectivity index (χ3v) is 16.0. The van der Waals surface area contributed by atoms with Crippen molar-refractivity contribution in [3.05, 3.63) is 0 Å². The molecule has 0 N–H and O–H groups in total. The van der Waals surface area contributed by atoms with Crippen LogP contribution in [-0.4, -0.2) is 52.9 Å². The maximum atomic E-state index is 10.1. The second-order valence-electron chi connectivity index (χ2n) is 25.4. The van der Waals surface area contributed by atoms with Crippen molar-refractivity contribution in [2.45, 2.75) is 466 Å². The van der Waals surface area contributed by atoms with E-state index in [1.807, 2.05) is 0 Å². The summed E-state index contributed by atoms with van der Waals surface area (Å²) in [7, 11) is 0. The Morgan fingerprint density at radius 2 is 0.156 bits per heavy atom. The van der Waals surface area contributed by atoms with Crippen LogP contribution in [0, 0.1) is 0 Å². The van der Waals surface area contributed by atoms with Gasteiger partial charge < -0.3 is 40.9 Å². The average molecular weight is 1350 g/mol.